The lowest BCUT2D eigenvalue weighted by Crippen LogP contribution is -2.47. The highest BCUT2D eigenvalue weighted by Gasteiger charge is 2.18. The van der Waals surface area contributed by atoms with Crippen molar-refractivity contribution in [1.82, 2.24) is 15.1 Å². The Morgan fingerprint density at radius 1 is 1.05 bits per heavy atom. The zero-order valence-electron chi connectivity index (χ0n) is 10.9. The van der Waals surface area contributed by atoms with E-state index in [4.69, 9.17) is 11.5 Å². The van der Waals surface area contributed by atoms with Crippen LogP contribution in [-0.4, -0.2) is 73.3 Å². The fourth-order valence-electron chi connectivity index (χ4n) is 1.98. The minimum absolute atomic E-state index is 0.0143. The van der Waals surface area contributed by atoms with Gasteiger partial charge in [-0.15, -0.1) is 0 Å². The minimum Gasteiger partial charge on any atom is -0.369 e. The van der Waals surface area contributed by atoms with Crippen molar-refractivity contribution in [2.24, 2.45) is 11.5 Å². The summed E-state index contributed by atoms with van der Waals surface area (Å²) in [5.74, 6) is -1.08. The molecule has 0 spiro atoms. The lowest BCUT2D eigenvalue weighted by atomic mass is 10.3. The number of piperazine rings is 1. The zero-order valence-corrected chi connectivity index (χ0v) is 10.9. The average Bonchev–Trinajstić information content (AvgIpc) is 2.35. The summed E-state index contributed by atoms with van der Waals surface area (Å²) in [6.07, 6.45) is 0.251. The van der Waals surface area contributed by atoms with Gasteiger partial charge < -0.3 is 21.7 Å². The van der Waals surface area contributed by atoms with Crippen LogP contribution in [0.2, 0.25) is 0 Å². The summed E-state index contributed by atoms with van der Waals surface area (Å²) in [4.78, 5) is 36.9. The van der Waals surface area contributed by atoms with Gasteiger partial charge in [-0.25, -0.2) is 0 Å². The molecule has 108 valence electrons. The van der Waals surface area contributed by atoms with Crippen molar-refractivity contribution in [3.63, 3.8) is 0 Å². The van der Waals surface area contributed by atoms with Gasteiger partial charge in [0.2, 0.25) is 17.7 Å². The fourth-order valence-corrected chi connectivity index (χ4v) is 1.98. The van der Waals surface area contributed by atoms with E-state index in [2.05, 4.69) is 5.32 Å². The Labute approximate surface area is 112 Å². The number of nitrogens with zero attached hydrogens (tertiary/aromatic N) is 2. The Hall–Kier alpha value is -1.67. The number of carbonyl (C=O) groups is 3. The predicted octanol–water partition coefficient (Wildman–Crippen LogP) is -2.92. The highest BCUT2D eigenvalue weighted by atomic mass is 16.2. The summed E-state index contributed by atoms with van der Waals surface area (Å²) in [6, 6.07) is 0. The molecule has 0 saturated carbocycles. The number of nitrogens with one attached hydrogen (secondary N) is 1. The van der Waals surface area contributed by atoms with Gasteiger partial charge in [-0.2, -0.15) is 0 Å². The molecule has 0 aromatic rings. The molecule has 1 aliphatic rings. The molecule has 19 heavy (non-hydrogen) atoms. The van der Waals surface area contributed by atoms with Crippen molar-refractivity contribution in [1.29, 1.82) is 0 Å². The number of amides is 3. The summed E-state index contributed by atoms with van der Waals surface area (Å²) in [5, 5.41) is 3.16. The zero-order chi connectivity index (χ0) is 14.3. The normalized spacial score (nSPS) is 15.5. The van der Waals surface area contributed by atoms with Gasteiger partial charge in [-0.05, 0) is 0 Å². The van der Waals surface area contributed by atoms with E-state index in [1.807, 2.05) is 0 Å². The van der Waals surface area contributed by atoms with Crippen LogP contribution in [-0.2, 0) is 14.4 Å². The Bertz CT molecular complexity index is 325. The minimum atomic E-state index is -0.545. The second kappa shape index (κ2) is 7.70. The Morgan fingerprint density at radius 2 is 1.58 bits per heavy atom. The smallest absolute Gasteiger partial charge is 0.231 e. The first-order valence-corrected chi connectivity index (χ1v) is 6.26. The van der Waals surface area contributed by atoms with Crippen LogP contribution in [0.4, 0.5) is 0 Å². The number of nitrogens with two attached hydrogens (primary N) is 2. The average molecular weight is 271 g/mol. The van der Waals surface area contributed by atoms with E-state index >= 15 is 0 Å². The molecule has 1 rings (SSSR count). The van der Waals surface area contributed by atoms with Crippen LogP contribution in [0.3, 0.4) is 0 Å². The summed E-state index contributed by atoms with van der Waals surface area (Å²) in [7, 11) is 0. The molecule has 0 aromatic carbocycles. The van der Waals surface area contributed by atoms with E-state index in [0.717, 1.165) is 13.1 Å². The maximum Gasteiger partial charge on any atom is 0.231 e. The second-order valence-corrected chi connectivity index (χ2v) is 4.52. The topological polar surface area (TPSA) is 122 Å². The van der Waals surface area contributed by atoms with Crippen molar-refractivity contribution in [3.05, 3.63) is 0 Å². The lowest BCUT2D eigenvalue weighted by molar-refractivity contribution is -0.133. The molecule has 3 amide bonds. The number of primary amides is 2. The molecule has 8 heteroatoms. The highest BCUT2D eigenvalue weighted by Crippen LogP contribution is 1.99. The summed E-state index contributed by atoms with van der Waals surface area (Å²) in [6.45, 7) is 3.11. The predicted molar refractivity (Wildman–Crippen MR) is 68.9 cm³/mol. The van der Waals surface area contributed by atoms with Gasteiger partial charge in [0.05, 0.1) is 13.1 Å². The largest absolute Gasteiger partial charge is 0.369 e. The molecule has 1 saturated heterocycles. The van der Waals surface area contributed by atoms with Crippen LogP contribution in [0.1, 0.15) is 6.42 Å². The third-order valence-electron chi connectivity index (χ3n) is 2.87. The van der Waals surface area contributed by atoms with Gasteiger partial charge in [-0.3, -0.25) is 19.3 Å². The van der Waals surface area contributed by atoms with E-state index in [1.165, 1.54) is 4.90 Å². The van der Waals surface area contributed by atoms with Crippen molar-refractivity contribution in [3.8, 4) is 0 Å². The molecular formula is C11H21N5O3. The van der Waals surface area contributed by atoms with Gasteiger partial charge in [0.15, 0.2) is 0 Å². The molecule has 1 fully saturated rings. The van der Waals surface area contributed by atoms with Crippen molar-refractivity contribution in [2.45, 2.75) is 6.42 Å². The van der Waals surface area contributed by atoms with Crippen LogP contribution in [0.15, 0.2) is 0 Å². The number of hydrogen-bond acceptors (Lipinski definition) is 5. The maximum absolute atomic E-state index is 11.9. The van der Waals surface area contributed by atoms with Crippen LogP contribution in [0.25, 0.3) is 0 Å². The molecule has 0 bridgehead atoms. The fraction of sp³-hybridized carbons (Fsp3) is 0.727. The standard InChI is InChI=1S/C11H21N5O3/c12-9(17)7-15(8-10(13)18)4-1-11(19)16-5-2-14-3-6-16/h14H,1-8H2,(H2,12,17)(H2,13,18). The number of rotatable bonds is 7. The molecule has 0 atom stereocenters. The number of carbonyl (C=O) groups excluding carboxylic acids is 3. The second-order valence-electron chi connectivity index (χ2n) is 4.52. The Morgan fingerprint density at radius 3 is 2.05 bits per heavy atom. The van der Waals surface area contributed by atoms with Crippen LogP contribution < -0.4 is 16.8 Å². The summed E-state index contributed by atoms with van der Waals surface area (Å²) >= 11 is 0. The summed E-state index contributed by atoms with van der Waals surface area (Å²) in [5.41, 5.74) is 10.2. The van der Waals surface area contributed by atoms with Crippen LogP contribution in [0.5, 0.6) is 0 Å². The van der Waals surface area contributed by atoms with E-state index in [0.29, 0.717) is 19.6 Å². The third-order valence-corrected chi connectivity index (χ3v) is 2.87. The Balaban J connectivity index is 2.38. The third kappa shape index (κ3) is 6.16. The Kier molecular flexibility index (Phi) is 6.23. The van der Waals surface area contributed by atoms with Crippen molar-refractivity contribution in [2.75, 3.05) is 45.8 Å². The van der Waals surface area contributed by atoms with Gasteiger partial charge >= 0.3 is 0 Å². The van der Waals surface area contributed by atoms with Gasteiger partial charge in [0.1, 0.15) is 0 Å². The van der Waals surface area contributed by atoms with Crippen LogP contribution in [0, 0.1) is 0 Å². The van der Waals surface area contributed by atoms with E-state index in [1.54, 1.807) is 4.90 Å². The molecule has 8 nitrogen and oxygen atoms in total. The van der Waals surface area contributed by atoms with Gasteiger partial charge in [0, 0.05) is 39.1 Å². The lowest BCUT2D eigenvalue weighted by Gasteiger charge is -2.28. The first-order chi connectivity index (χ1) is 8.99. The highest BCUT2D eigenvalue weighted by molar-refractivity contribution is 5.80. The molecule has 1 heterocycles. The van der Waals surface area contributed by atoms with E-state index in [9.17, 15) is 14.4 Å². The van der Waals surface area contributed by atoms with E-state index < -0.39 is 11.8 Å². The van der Waals surface area contributed by atoms with Crippen molar-refractivity contribution >= 4 is 17.7 Å². The molecule has 0 unspecified atom stereocenters. The first-order valence-electron chi connectivity index (χ1n) is 6.26. The van der Waals surface area contributed by atoms with Gasteiger partial charge in [-0.1, -0.05) is 0 Å². The maximum atomic E-state index is 11.9. The van der Waals surface area contributed by atoms with Crippen LogP contribution >= 0.6 is 0 Å². The molecule has 0 aliphatic carbocycles. The molecule has 1 aliphatic heterocycles. The van der Waals surface area contributed by atoms with Crippen molar-refractivity contribution < 1.29 is 14.4 Å². The SMILES string of the molecule is NC(=O)CN(CCC(=O)N1CCNCC1)CC(N)=O. The molecule has 0 radical (unpaired) electrons. The molecular weight excluding hydrogens is 250 g/mol. The van der Waals surface area contributed by atoms with Gasteiger partial charge in [0.25, 0.3) is 0 Å². The van der Waals surface area contributed by atoms with E-state index in [-0.39, 0.29) is 25.4 Å². The molecule has 0 aromatic heterocycles. The number of hydrogen-bond donors (Lipinski definition) is 3. The quantitative estimate of drug-likeness (QED) is 0.458. The summed E-state index contributed by atoms with van der Waals surface area (Å²) < 4.78 is 0. The monoisotopic (exact) mass is 271 g/mol. The molecule has 5 N–H and O–H groups in total. The first kappa shape index (κ1) is 15.4.